The van der Waals surface area contributed by atoms with Crippen molar-refractivity contribution in [1.29, 1.82) is 0 Å². The molecule has 0 aromatic heterocycles. The zero-order chi connectivity index (χ0) is 12.6. The molecule has 0 atom stereocenters. The normalized spacial score (nSPS) is 10.2. The van der Waals surface area contributed by atoms with Crippen molar-refractivity contribution in [3.63, 3.8) is 0 Å². The summed E-state index contributed by atoms with van der Waals surface area (Å²) in [6, 6.07) is 0. The molecule has 0 fully saturated rings. The van der Waals surface area contributed by atoms with Gasteiger partial charge in [-0.1, -0.05) is 51.5 Å². The van der Waals surface area contributed by atoms with Crippen LogP contribution in [0.4, 0.5) is 0 Å². The molecule has 0 rings (SSSR count). The summed E-state index contributed by atoms with van der Waals surface area (Å²) in [5.41, 5.74) is 0. The van der Waals surface area contributed by atoms with Crippen molar-refractivity contribution >= 4 is 23.1 Å². The first-order chi connectivity index (χ1) is 8.41. The van der Waals surface area contributed by atoms with E-state index in [9.17, 15) is 0 Å². The monoisotopic (exact) mass is 298 g/mol. The van der Waals surface area contributed by atoms with Crippen LogP contribution in [0.2, 0.25) is 0 Å². The van der Waals surface area contributed by atoms with Gasteiger partial charge in [0.15, 0.2) is 0 Å². The maximum Gasteiger partial charge on any atom is 2.00 e. The van der Waals surface area contributed by atoms with Gasteiger partial charge in [0, 0.05) is 13.2 Å². The van der Waals surface area contributed by atoms with Crippen LogP contribution in [0.3, 0.4) is 0 Å². The molecule has 0 aromatic carbocycles. The Morgan fingerprint density at radius 2 is 1.42 bits per heavy atom. The molecule has 0 aliphatic carbocycles. The number of halogens is 1. The molecule has 19 heavy (non-hydrogen) atoms. The molecule has 1 nitrogen and oxygen atoms in total. The molecule has 0 aromatic rings. The fraction of sp³-hybridized carbons (Fsp3) is 0.812. The summed E-state index contributed by atoms with van der Waals surface area (Å²) in [7, 11) is 0. The molecule has 0 unspecified atom stereocenters. The predicted octanol–water partition coefficient (Wildman–Crippen LogP) is 1.94. The van der Waals surface area contributed by atoms with E-state index in [4.69, 9.17) is 4.74 Å². The average molecular weight is 299 g/mol. The second-order valence-corrected chi connectivity index (χ2v) is 4.64. The van der Waals surface area contributed by atoms with Crippen LogP contribution in [0.15, 0.2) is 12.2 Å². The van der Waals surface area contributed by atoms with Gasteiger partial charge in [-0.15, -0.1) is 6.08 Å². The summed E-state index contributed by atoms with van der Waals surface area (Å²) in [6.07, 6.45) is 17.0. The molecule has 110 valence electrons. The first-order valence-corrected chi connectivity index (χ1v) is 7.43. The van der Waals surface area contributed by atoms with Crippen LogP contribution >= 0.6 is 0 Å². The van der Waals surface area contributed by atoms with Gasteiger partial charge in [-0.3, -0.25) is 0 Å². The fourth-order valence-corrected chi connectivity index (χ4v) is 1.80. The molecule has 0 N–H and O–H groups in total. The van der Waals surface area contributed by atoms with Gasteiger partial charge in [0.05, 0.1) is 0 Å². The topological polar surface area (TPSA) is 9.23 Å². The Morgan fingerprint density at radius 1 is 0.842 bits per heavy atom. The first kappa shape index (κ1) is 24.8. The Morgan fingerprint density at radius 3 is 2.05 bits per heavy atom. The smallest absolute Gasteiger partial charge is 1.00 e. The van der Waals surface area contributed by atoms with E-state index >= 15 is 0 Å². The van der Waals surface area contributed by atoms with Gasteiger partial charge in [-0.2, -0.15) is 6.42 Å². The molecule has 0 heterocycles. The molecule has 0 saturated heterocycles. The number of hydrogen-bond acceptors (Lipinski definition) is 1. The molecule has 0 radical (unpaired) electrons. The van der Waals surface area contributed by atoms with Crippen molar-refractivity contribution in [2.24, 2.45) is 0 Å². The summed E-state index contributed by atoms with van der Waals surface area (Å²) in [5, 5.41) is 0. The second-order valence-electron chi connectivity index (χ2n) is 4.64. The minimum Gasteiger partial charge on any atom is -1.00 e. The van der Waals surface area contributed by atoms with Gasteiger partial charge in [0.25, 0.3) is 0 Å². The van der Waals surface area contributed by atoms with Crippen LogP contribution in [0, 0.1) is 6.92 Å². The zero-order valence-electron chi connectivity index (χ0n) is 12.8. The first-order valence-electron chi connectivity index (χ1n) is 7.43. The minimum absolute atomic E-state index is 0. The Hall–Kier alpha value is 0.756. The van der Waals surface area contributed by atoms with E-state index in [1.165, 1.54) is 44.9 Å². The van der Waals surface area contributed by atoms with Crippen LogP contribution in [-0.4, -0.2) is 36.3 Å². The van der Waals surface area contributed by atoms with Gasteiger partial charge in [0.2, 0.25) is 0 Å². The summed E-state index contributed by atoms with van der Waals surface area (Å²) in [6.45, 7) is 7.89. The number of unbranched alkanes of at least 4 members (excludes halogenated alkanes) is 7. The standard InChI is InChI=1S/C16H31O.ClH.Mg/c1-3-5-7-9-10-12-14-16-17-15-13-11-8-6-4-2;;/h6,8H,2-5,7,9-16H2,1H3;1H;/q-1;;+2/p-1/b8-6+;;. The molecule has 3 heteroatoms. The molecule has 0 amide bonds. The largest absolute Gasteiger partial charge is 2.00 e. The van der Waals surface area contributed by atoms with E-state index in [0.717, 1.165) is 32.5 Å². The third kappa shape index (κ3) is 24.2. The number of rotatable bonds is 13. The van der Waals surface area contributed by atoms with Crippen molar-refractivity contribution in [2.45, 2.75) is 71.1 Å². The molecule has 0 aliphatic rings. The van der Waals surface area contributed by atoms with Gasteiger partial charge < -0.3 is 24.1 Å². The molecular weight excluding hydrogens is 268 g/mol. The van der Waals surface area contributed by atoms with Crippen molar-refractivity contribution < 1.29 is 17.1 Å². The van der Waals surface area contributed by atoms with Gasteiger partial charge >= 0.3 is 23.1 Å². The summed E-state index contributed by atoms with van der Waals surface area (Å²) in [5.74, 6) is 0. The number of ether oxygens (including phenoxy) is 1. The van der Waals surface area contributed by atoms with E-state index in [-0.39, 0.29) is 35.5 Å². The van der Waals surface area contributed by atoms with Gasteiger partial charge in [-0.25, -0.2) is 0 Å². The Bertz CT molecular complexity index is 163. The molecule has 0 saturated carbocycles. The van der Waals surface area contributed by atoms with Crippen molar-refractivity contribution in [3.05, 3.63) is 19.1 Å². The average Bonchev–Trinajstić information content (AvgIpc) is 2.35. The molecule has 0 bridgehead atoms. The summed E-state index contributed by atoms with van der Waals surface area (Å²) >= 11 is 0. The summed E-state index contributed by atoms with van der Waals surface area (Å²) in [4.78, 5) is 0. The second kappa shape index (κ2) is 23.8. The van der Waals surface area contributed by atoms with Crippen molar-refractivity contribution in [2.75, 3.05) is 13.2 Å². The van der Waals surface area contributed by atoms with Crippen molar-refractivity contribution in [3.8, 4) is 0 Å². The van der Waals surface area contributed by atoms with E-state index in [2.05, 4.69) is 26.0 Å². The number of allylic oxidation sites excluding steroid dienone is 2. The fourth-order valence-electron chi connectivity index (χ4n) is 1.80. The Kier molecular flexibility index (Phi) is 31.0. The Balaban J connectivity index is -0.00000128. The van der Waals surface area contributed by atoms with Crippen LogP contribution in [-0.2, 0) is 4.74 Å². The van der Waals surface area contributed by atoms with Crippen LogP contribution in [0.1, 0.15) is 71.1 Å². The number of hydrogen-bond donors (Lipinski definition) is 0. The molecule has 0 spiro atoms. The summed E-state index contributed by atoms with van der Waals surface area (Å²) < 4.78 is 5.59. The Labute approximate surface area is 143 Å². The maximum absolute atomic E-state index is 5.59. The third-order valence-corrected chi connectivity index (χ3v) is 2.89. The van der Waals surface area contributed by atoms with E-state index < -0.39 is 0 Å². The minimum atomic E-state index is 0. The molecular formula is C16H31ClMgO. The van der Waals surface area contributed by atoms with E-state index in [0.29, 0.717) is 0 Å². The maximum atomic E-state index is 5.59. The van der Waals surface area contributed by atoms with Gasteiger partial charge in [-0.05, 0) is 19.3 Å². The zero-order valence-corrected chi connectivity index (χ0v) is 15.0. The van der Waals surface area contributed by atoms with E-state index in [1.807, 2.05) is 0 Å². The predicted molar refractivity (Wildman–Crippen MR) is 82.9 cm³/mol. The molecule has 0 aliphatic heterocycles. The van der Waals surface area contributed by atoms with Gasteiger partial charge in [0.1, 0.15) is 0 Å². The van der Waals surface area contributed by atoms with Crippen LogP contribution < -0.4 is 12.4 Å². The van der Waals surface area contributed by atoms with E-state index in [1.54, 1.807) is 0 Å². The quantitative estimate of drug-likeness (QED) is 0.219. The van der Waals surface area contributed by atoms with Crippen LogP contribution in [0.5, 0.6) is 0 Å². The van der Waals surface area contributed by atoms with Crippen LogP contribution in [0.25, 0.3) is 0 Å². The van der Waals surface area contributed by atoms with Crippen molar-refractivity contribution in [1.82, 2.24) is 0 Å². The SMILES string of the molecule is [CH2-]C/C=C/CCCOCCCCCCCCC.[Cl-].[Mg+2]. The third-order valence-electron chi connectivity index (χ3n) is 2.89.